The summed E-state index contributed by atoms with van der Waals surface area (Å²) in [6.45, 7) is 0.878. The topological polar surface area (TPSA) is 105 Å². The van der Waals surface area contributed by atoms with Crippen LogP contribution in [0.2, 0.25) is 5.02 Å². The molecule has 0 radical (unpaired) electrons. The molecule has 0 aliphatic carbocycles. The normalized spacial score (nSPS) is 16.6. The molecule has 1 aromatic carbocycles. The van der Waals surface area contributed by atoms with E-state index in [0.29, 0.717) is 25.8 Å². The van der Waals surface area contributed by atoms with Crippen LogP contribution in [-0.4, -0.2) is 55.3 Å². The lowest BCUT2D eigenvalue weighted by Crippen LogP contribution is -2.28. The fraction of sp³-hybridized carbons (Fsp3) is 0.400. The number of rotatable bonds is 5. The van der Waals surface area contributed by atoms with E-state index in [0.717, 1.165) is 0 Å². The first-order valence-corrected chi connectivity index (χ1v) is 7.56. The van der Waals surface area contributed by atoms with Gasteiger partial charge in [0.05, 0.1) is 30.0 Å². The molecule has 2 N–H and O–H groups in total. The SMILES string of the molecule is COc1cc(NC(=O)OC[C@@H]2CCN(C(=O)O)C2)c(Cl)cc1C=O. The van der Waals surface area contributed by atoms with Crippen LogP contribution in [0.1, 0.15) is 16.8 Å². The van der Waals surface area contributed by atoms with E-state index in [1.54, 1.807) is 0 Å². The summed E-state index contributed by atoms with van der Waals surface area (Å²) in [6.07, 6.45) is -0.453. The molecule has 1 aliphatic rings. The molecule has 9 heteroatoms. The third kappa shape index (κ3) is 4.29. The lowest BCUT2D eigenvalue weighted by molar-refractivity contribution is 0.112. The number of ether oxygens (including phenoxy) is 2. The molecule has 130 valence electrons. The maximum absolute atomic E-state index is 11.9. The van der Waals surface area contributed by atoms with Gasteiger partial charge in [0.2, 0.25) is 0 Å². The molecule has 1 fully saturated rings. The second-order valence-electron chi connectivity index (χ2n) is 5.30. The number of halogens is 1. The standard InChI is InChI=1S/C15H17ClN2O6/c1-23-13-5-12(11(16)4-10(13)7-19)17-14(20)24-8-9-2-3-18(6-9)15(21)22/h4-5,7,9H,2-3,6,8H2,1H3,(H,17,20)(H,21,22)/t9-/m1/s1. The molecule has 24 heavy (non-hydrogen) atoms. The largest absolute Gasteiger partial charge is 0.496 e. The number of benzene rings is 1. The quantitative estimate of drug-likeness (QED) is 0.786. The number of aldehydes is 1. The smallest absolute Gasteiger partial charge is 0.411 e. The second-order valence-corrected chi connectivity index (χ2v) is 5.71. The summed E-state index contributed by atoms with van der Waals surface area (Å²) in [5, 5.41) is 11.5. The third-order valence-electron chi connectivity index (χ3n) is 3.69. The molecule has 1 saturated heterocycles. The van der Waals surface area contributed by atoms with Gasteiger partial charge in [-0.2, -0.15) is 0 Å². The van der Waals surface area contributed by atoms with E-state index in [1.165, 1.54) is 24.1 Å². The average Bonchev–Trinajstić information content (AvgIpc) is 3.03. The van der Waals surface area contributed by atoms with Crippen LogP contribution in [0.3, 0.4) is 0 Å². The lowest BCUT2D eigenvalue weighted by atomic mass is 10.1. The Kier molecular flexibility index (Phi) is 5.86. The highest BCUT2D eigenvalue weighted by Gasteiger charge is 2.26. The molecular weight excluding hydrogens is 340 g/mol. The molecule has 1 atom stereocenters. The van der Waals surface area contributed by atoms with Crippen LogP contribution >= 0.6 is 11.6 Å². The van der Waals surface area contributed by atoms with Crippen LogP contribution in [0.5, 0.6) is 5.75 Å². The summed E-state index contributed by atoms with van der Waals surface area (Å²) in [6, 6.07) is 2.81. The molecule has 1 aromatic rings. The number of carbonyl (C=O) groups excluding carboxylic acids is 2. The number of carboxylic acid groups (broad SMARTS) is 1. The summed E-state index contributed by atoms with van der Waals surface area (Å²) in [5.74, 6) is 0.242. The minimum Gasteiger partial charge on any atom is -0.496 e. The van der Waals surface area contributed by atoms with Gasteiger partial charge >= 0.3 is 12.2 Å². The molecule has 8 nitrogen and oxygen atoms in total. The Morgan fingerprint density at radius 2 is 2.25 bits per heavy atom. The first kappa shape index (κ1) is 17.9. The van der Waals surface area contributed by atoms with E-state index in [4.69, 9.17) is 26.2 Å². The first-order chi connectivity index (χ1) is 11.4. The summed E-state index contributed by atoms with van der Waals surface area (Å²) in [4.78, 5) is 34.9. The molecule has 0 spiro atoms. The summed E-state index contributed by atoms with van der Waals surface area (Å²) < 4.78 is 10.2. The Morgan fingerprint density at radius 3 is 2.83 bits per heavy atom. The van der Waals surface area contributed by atoms with E-state index < -0.39 is 12.2 Å². The van der Waals surface area contributed by atoms with Crippen LogP contribution in [0.4, 0.5) is 15.3 Å². The predicted molar refractivity (Wildman–Crippen MR) is 86.1 cm³/mol. The molecular formula is C15H17ClN2O6. The molecule has 0 aromatic heterocycles. The number of hydrogen-bond donors (Lipinski definition) is 2. The minimum absolute atomic E-state index is 0.0331. The number of hydrogen-bond acceptors (Lipinski definition) is 5. The minimum atomic E-state index is -0.976. The van der Waals surface area contributed by atoms with Crippen LogP contribution in [0, 0.1) is 5.92 Å². The molecule has 0 unspecified atom stereocenters. The van der Waals surface area contributed by atoms with Crippen molar-refractivity contribution in [2.24, 2.45) is 5.92 Å². The molecule has 1 heterocycles. The monoisotopic (exact) mass is 356 g/mol. The highest BCUT2D eigenvalue weighted by molar-refractivity contribution is 6.34. The number of methoxy groups -OCH3 is 1. The van der Waals surface area contributed by atoms with Crippen LogP contribution in [0.15, 0.2) is 12.1 Å². The Balaban J connectivity index is 1.91. The van der Waals surface area contributed by atoms with Gasteiger partial charge in [0.25, 0.3) is 0 Å². The Morgan fingerprint density at radius 1 is 1.50 bits per heavy atom. The van der Waals surface area contributed by atoms with Gasteiger partial charge in [0.15, 0.2) is 6.29 Å². The Hall–Kier alpha value is -2.48. The third-order valence-corrected chi connectivity index (χ3v) is 4.00. The average molecular weight is 357 g/mol. The van der Waals surface area contributed by atoms with Gasteiger partial charge in [-0.25, -0.2) is 9.59 Å². The van der Waals surface area contributed by atoms with Crippen molar-refractivity contribution in [1.82, 2.24) is 4.90 Å². The highest BCUT2D eigenvalue weighted by atomic mass is 35.5. The van der Waals surface area contributed by atoms with Gasteiger partial charge in [-0.15, -0.1) is 0 Å². The lowest BCUT2D eigenvalue weighted by Gasteiger charge is -2.14. The maximum Gasteiger partial charge on any atom is 0.411 e. The van der Waals surface area contributed by atoms with Crippen LogP contribution in [0.25, 0.3) is 0 Å². The van der Waals surface area contributed by atoms with Gasteiger partial charge in [-0.05, 0) is 12.5 Å². The summed E-state index contributed by atoms with van der Waals surface area (Å²) in [7, 11) is 1.40. The molecule has 0 saturated carbocycles. The van der Waals surface area contributed by atoms with Crippen molar-refractivity contribution in [3.63, 3.8) is 0 Å². The number of nitrogens with zero attached hydrogens (tertiary/aromatic N) is 1. The van der Waals surface area contributed by atoms with Crippen LogP contribution < -0.4 is 10.1 Å². The number of nitrogens with one attached hydrogen (secondary N) is 1. The van der Waals surface area contributed by atoms with Crippen molar-refractivity contribution in [2.45, 2.75) is 6.42 Å². The fourth-order valence-electron chi connectivity index (χ4n) is 2.42. The maximum atomic E-state index is 11.9. The van der Waals surface area contributed by atoms with Crippen molar-refractivity contribution < 1.29 is 29.0 Å². The van der Waals surface area contributed by atoms with Crippen molar-refractivity contribution in [2.75, 3.05) is 32.1 Å². The zero-order valence-electron chi connectivity index (χ0n) is 13.0. The van der Waals surface area contributed by atoms with Crippen molar-refractivity contribution in [3.8, 4) is 5.75 Å². The number of anilines is 1. The fourth-order valence-corrected chi connectivity index (χ4v) is 2.63. The van der Waals surface area contributed by atoms with Gasteiger partial charge in [0.1, 0.15) is 5.75 Å². The second kappa shape index (κ2) is 7.87. The molecule has 2 rings (SSSR count). The zero-order valence-corrected chi connectivity index (χ0v) is 13.7. The molecule has 0 bridgehead atoms. The zero-order chi connectivity index (χ0) is 17.7. The van der Waals surface area contributed by atoms with Crippen molar-refractivity contribution in [1.29, 1.82) is 0 Å². The number of amides is 2. The van der Waals surface area contributed by atoms with E-state index in [2.05, 4.69) is 5.32 Å². The van der Waals surface area contributed by atoms with Crippen molar-refractivity contribution in [3.05, 3.63) is 22.7 Å². The Bertz CT molecular complexity index is 651. The summed E-state index contributed by atoms with van der Waals surface area (Å²) in [5.41, 5.74) is 0.517. The van der Waals surface area contributed by atoms with Gasteiger partial charge in [-0.3, -0.25) is 10.1 Å². The number of likely N-dealkylation sites (tertiary alicyclic amines) is 1. The van der Waals surface area contributed by atoms with E-state index in [1.807, 2.05) is 0 Å². The predicted octanol–water partition coefficient (Wildman–Crippen LogP) is 2.71. The van der Waals surface area contributed by atoms with Gasteiger partial charge < -0.3 is 19.5 Å². The highest BCUT2D eigenvalue weighted by Crippen LogP contribution is 2.30. The van der Waals surface area contributed by atoms with E-state index in [9.17, 15) is 14.4 Å². The molecule has 2 amide bonds. The Labute approximate surface area is 143 Å². The first-order valence-electron chi connectivity index (χ1n) is 7.19. The molecule has 1 aliphatic heterocycles. The van der Waals surface area contributed by atoms with Gasteiger partial charge in [-0.1, -0.05) is 11.6 Å². The van der Waals surface area contributed by atoms with Gasteiger partial charge in [0, 0.05) is 25.1 Å². The summed E-state index contributed by atoms with van der Waals surface area (Å²) >= 11 is 6.01. The number of carbonyl (C=O) groups is 3. The van der Waals surface area contributed by atoms with Crippen molar-refractivity contribution >= 4 is 35.8 Å². The van der Waals surface area contributed by atoms with Crippen LogP contribution in [-0.2, 0) is 4.74 Å². The van der Waals surface area contributed by atoms with E-state index in [-0.39, 0.29) is 34.5 Å². The van der Waals surface area contributed by atoms with E-state index >= 15 is 0 Å².